The van der Waals surface area contributed by atoms with Crippen molar-refractivity contribution in [2.45, 2.75) is 130 Å². The fourth-order valence-electron chi connectivity index (χ4n) is 4.00. The van der Waals surface area contributed by atoms with Gasteiger partial charge in [0, 0.05) is 13.7 Å². The second-order valence-electron chi connectivity index (χ2n) is 9.61. The molecule has 7 atom stereocenters. The Morgan fingerprint density at radius 2 is 1.56 bits per heavy atom. The molecule has 0 amide bonds. The Balaban J connectivity index is 0.000000565. The van der Waals surface area contributed by atoms with Crippen LogP contribution in [0.15, 0.2) is 0 Å². The Hall–Kier alpha value is -0.400. The molecule has 204 valence electrons. The van der Waals surface area contributed by atoms with Crippen LogP contribution in [0.25, 0.3) is 0 Å². The Bertz CT molecular complexity index is 591. The van der Waals surface area contributed by atoms with Gasteiger partial charge in [0.25, 0.3) is 0 Å². The first-order valence-electron chi connectivity index (χ1n) is 11.8. The average Bonchev–Trinajstić information content (AvgIpc) is 3.47. The second-order valence-corrected chi connectivity index (χ2v) is 9.61. The molecule has 4 aliphatic rings. The monoisotopic (exact) mass is 496 g/mol. The highest BCUT2D eigenvalue weighted by Gasteiger charge is 2.60. The van der Waals surface area contributed by atoms with Crippen molar-refractivity contribution in [1.29, 1.82) is 0 Å². The number of aliphatic hydroxyl groups excluding tert-OH is 1. The highest BCUT2D eigenvalue weighted by Crippen LogP contribution is 2.43. The molecule has 4 heterocycles. The topological polar surface area (TPSA) is 114 Å². The van der Waals surface area contributed by atoms with Crippen LogP contribution in [-0.2, 0) is 37.9 Å². The van der Waals surface area contributed by atoms with Crippen molar-refractivity contribution in [2.75, 3.05) is 26.9 Å². The summed E-state index contributed by atoms with van der Waals surface area (Å²) in [6, 6.07) is 0. The fourth-order valence-corrected chi connectivity index (χ4v) is 4.00. The van der Waals surface area contributed by atoms with Crippen molar-refractivity contribution in [1.82, 2.24) is 0 Å². The van der Waals surface area contributed by atoms with Crippen molar-refractivity contribution >= 4 is 0 Å². The van der Waals surface area contributed by atoms with Gasteiger partial charge >= 0.3 is 0 Å². The first-order valence-corrected chi connectivity index (χ1v) is 11.8. The van der Waals surface area contributed by atoms with Crippen LogP contribution in [0.3, 0.4) is 0 Å². The van der Waals surface area contributed by atoms with E-state index >= 15 is 0 Å². The predicted molar refractivity (Wildman–Crippen MR) is 125 cm³/mol. The minimum absolute atomic E-state index is 0. The molecular formula is C24H48O10. The van der Waals surface area contributed by atoms with E-state index < -0.39 is 23.7 Å². The zero-order chi connectivity index (χ0) is 25.0. The van der Waals surface area contributed by atoms with Crippen LogP contribution >= 0.6 is 0 Å². The second kappa shape index (κ2) is 12.7. The normalized spacial score (nSPS) is 37.7. The number of fused-ring (bicyclic) bond motifs is 1. The van der Waals surface area contributed by atoms with Crippen LogP contribution in [0.1, 0.15) is 69.2 Å². The summed E-state index contributed by atoms with van der Waals surface area (Å²) in [5.41, 5.74) is 0. The molecule has 0 bridgehead atoms. The first kappa shape index (κ1) is 31.6. The first-order chi connectivity index (χ1) is 15.3. The van der Waals surface area contributed by atoms with E-state index in [9.17, 15) is 5.11 Å². The molecule has 0 aliphatic carbocycles. The van der Waals surface area contributed by atoms with Crippen LogP contribution in [0, 0.1) is 0 Å². The van der Waals surface area contributed by atoms with Gasteiger partial charge in [-0.05, 0) is 48.0 Å². The maximum absolute atomic E-state index is 9.42. The number of hydrogen-bond donors (Lipinski definition) is 2. The van der Waals surface area contributed by atoms with Gasteiger partial charge in [0.1, 0.15) is 30.5 Å². The van der Waals surface area contributed by atoms with Gasteiger partial charge in [-0.3, -0.25) is 0 Å². The summed E-state index contributed by atoms with van der Waals surface area (Å²) >= 11 is 0. The summed E-state index contributed by atoms with van der Waals surface area (Å²) < 4.78 is 46.0. The molecule has 4 fully saturated rings. The van der Waals surface area contributed by atoms with Crippen molar-refractivity contribution in [3.8, 4) is 0 Å². The highest BCUT2D eigenvalue weighted by atomic mass is 16.8. The predicted octanol–water partition coefficient (Wildman–Crippen LogP) is 2.57. The van der Waals surface area contributed by atoms with E-state index in [1.54, 1.807) is 13.8 Å². The Morgan fingerprint density at radius 1 is 0.971 bits per heavy atom. The molecule has 0 saturated carbocycles. The van der Waals surface area contributed by atoms with Crippen LogP contribution in [0.5, 0.6) is 0 Å². The molecule has 0 spiro atoms. The summed E-state index contributed by atoms with van der Waals surface area (Å²) in [7, 11) is 1.46. The Labute approximate surface area is 205 Å². The molecule has 4 aliphatic heterocycles. The largest absolute Gasteiger partial charge is 0.394 e. The number of rotatable bonds is 5. The molecule has 10 nitrogen and oxygen atoms in total. The maximum atomic E-state index is 9.42. The molecule has 4 rings (SSSR count). The third kappa shape index (κ3) is 8.33. The lowest BCUT2D eigenvalue weighted by atomic mass is 10.1. The van der Waals surface area contributed by atoms with E-state index in [2.05, 4.69) is 4.74 Å². The van der Waals surface area contributed by atoms with Gasteiger partial charge < -0.3 is 48.1 Å². The molecule has 0 radical (unpaired) electrons. The van der Waals surface area contributed by atoms with Crippen LogP contribution in [-0.4, -0.2) is 97.4 Å². The van der Waals surface area contributed by atoms with E-state index in [-0.39, 0.29) is 50.7 Å². The zero-order valence-corrected chi connectivity index (χ0v) is 21.5. The maximum Gasteiger partial charge on any atom is 0.187 e. The third-order valence-electron chi connectivity index (χ3n) is 5.58. The Morgan fingerprint density at radius 3 is 2.06 bits per heavy atom. The summed E-state index contributed by atoms with van der Waals surface area (Å²) in [6.07, 6.45) is -1.67. The quantitative estimate of drug-likeness (QED) is 0.550. The molecule has 0 aromatic rings. The van der Waals surface area contributed by atoms with Gasteiger partial charge in [-0.2, -0.15) is 0 Å². The molecule has 34 heavy (non-hydrogen) atoms. The molecule has 10 heteroatoms. The van der Waals surface area contributed by atoms with Gasteiger partial charge in [-0.25, -0.2) is 0 Å². The molecule has 4 saturated heterocycles. The smallest absolute Gasteiger partial charge is 0.187 e. The highest BCUT2D eigenvalue weighted by molar-refractivity contribution is 5.00. The van der Waals surface area contributed by atoms with Crippen LogP contribution in [0.2, 0.25) is 0 Å². The third-order valence-corrected chi connectivity index (χ3v) is 5.58. The van der Waals surface area contributed by atoms with E-state index in [1.165, 1.54) is 7.11 Å². The van der Waals surface area contributed by atoms with E-state index in [0.29, 0.717) is 19.6 Å². The van der Waals surface area contributed by atoms with Gasteiger partial charge in [0.15, 0.2) is 23.7 Å². The molecular weight excluding hydrogens is 448 g/mol. The van der Waals surface area contributed by atoms with Gasteiger partial charge in [-0.1, -0.05) is 21.3 Å². The van der Waals surface area contributed by atoms with Crippen LogP contribution in [0.4, 0.5) is 0 Å². The lowest BCUT2D eigenvalue weighted by Crippen LogP contribution is -2.40. The zero-order valence-electron chi connectivity index (χ0n) is 21.5. The van der Waals surface area contributed by atoms with Crippen LogP contribution < -0.4 is 0 Å². The fraction of sp³-hybridized carbons (Fsp3) is 1.00. The average molecular weight is 497 g/mol. The van der Waals surface area contributed by atoms with Crippen molar-refractivity contribution in [3.05, 3.63) is 0 Å². The summed E-state index contributed by atoms with van der Waals surface area (Å²) in [4.78, 5) is 0. The van der Waals surface area contributed by atoms with Gasteiger partial charge in [0.2, 0.25) is 0 Å². The number of methoxy groups -OCH3 is 1. The number of ether oxygens (including phenoxy) is 8. The lowest BCUT2D eigenvalue weighted by molar-refractivity contribution is -0.260. The summed E-state index contributed by atoms with van der Waals surface area (Å²) in [5, 5.41) is 18.0. The molecule has 0 aromatic carbocycles. The van der Waals surface area contributed by atoms with Crippen molar-refractivity contribution in [3.63, 3.8) is 0 Å². The van der Waals surface area contributed by atoms with Gasteiger partial charge in [0.05, 0.1) is 19.3 Å². The Kier molecular flexibility index (Phi) is 11.8. The minimum Gasteiger partial charge on any atom is -0.394 e. The van der Waals surface area contributed by atoms with Crippen molar-refractivity contribution < 1.29 is 48.1 Å². The molecule has 0 aromatic heterocycles. The lowest BCUT2D eigenvalue weighted by Gasteiger charge is -2.28. The molecule has 2 N–H and O–H groups in total. The number of aliphatic hydroxyl groups is 2. The van der Waals surface area contributed by atoms with E-state index in [0.717, 1.165) is 0 Å². The van der Waals surface area contributed by atoms with Crippen molar-refractivity contribution in [2.24, 2.45) is 0 Å². The molecule has 7 unspecified atom stereocenters. The van der Waals surface area contributed by atoms with E-state index in [1.807, 2.05) is 41.5 Å². The summed E-state index contributed by atoms with van der Waals surface area (Å²) in [5.74, 6) is -2.31. The van der Waals surface area contributed by atoms with E-state index in [4.69, 9.17) is 38.3 Å². The SMILES string of the molecule is C.CC.CC1(C)OCC(C2OC(OC3CCOC3CO)C3OC(C)(C)OC23)O1.COC(C)(C)O. The standard InChI is InChI=1S/C17H28O8.C4H10O2.C2H6.CH4/c1-16(2)20-8-11(23-16)12-13-14(25-17(3,4)24-13)15(22-12)21-9-5-6-19-10(9)7-18;1-4(2,5)6-3;1-2;/h9-15,18H,5-8H2,1-4H3;5H,1-3H3;1-2H3;1H4. The van der Waals surface area contributed by atoms with Gasteiger partial charge in [-0.15, -0.1) is 0 Å². The summed E-state index contributed by atoms with van der Waals surface area (Å²) in [6.45, 7) is 15.6. The minimum atomic E-state index is -0.958. The number of hydrogen-bond acceptors (Lipinski definition) is 10.